The molecule has 0 unspecified atom stereocenters. The van der Waals surface area contributed by atoms with Crippen molar-refractivity contribution in [2.75, 3.05) is 23.2 Å². The van der Waals surface area contributed by atoms with Gasteiger partial charge in [-0.05, 0) is 55.2 Å². The van der Waals surface area contributed by atoms with E-state index >= 15 is 0 Å². The number of carbonyl (C=O) groups is 1. The number of rotatable bonds is 6. The number of nitrogens with one attached hydrogen (secondary N) is 1. The minimum atomic E-state index is -5.71. The zero-order chi connectivity index (χ0) is 27.0. The van der Waals surface area contributed by atoms with E-state index in [4.69, 9.17) is 4.74 Å². The van der Waals surface area contributed by atoms with Gasteiger partial charge in [0.2, 0.25) is 5.01 Å². The number of esters is 1. The van der Waals surface area contributed by atoms with E-state index in [2.05, 4.69) is 20.4 Å². The number of benzene rings is 1. The van der Waals surface area contributed by atoms with Crippen molar-refractivity contribution in [3.63, 3.8) is 0 Å². The molecule has 2 aromatic rings. The van der Waals surface area contributed by atoms with Crippen molar-refractivity contribution in [1.82, 2.24) is 10.2 Å². The Morgan fingerprint density at radius 3 is 2.57 bits per heavy atom. The molecule has 15 heteroatoms. The summed E-state index contributed by atoms with van der Waals surface area (Å²) >= 11 is 0.817. The molecule has 1 aromatic carbocycles. The van der Waals surface area contributed by atoms with Crippen LogP contribution in [0.2, 0.25) is 0 Å². The molecular weight excluding hydrogens is 533 g/mol. The molecule has 202 valence electrons. The molecule has 0 radical (unpaired) electrons. The van der Waals surface area contributed by atoms with Crippen molar-refractivity contribution in [1.29, 1.82) is 0 Å². The molecule has 0 amide bonds. The van der Waals surface area contributed by atoms with Crippen LogP contribution in [0.25, 0.3) is 0 Å². The fourth-order valence-electron chi connectivity index (χ4n) is 4.32. The lowest BCUT2D eigenvalue weighted by Crippen LogP contribution is -2.35. The molecule has 4 rings (SSSR count). The molecular formula is C22H27F3N6O4S2. The van der Waals surface area contributed by atoms with Crippen molar-refractivity contribution < 1.29 is 31.1 Å². The normalized spacial score (nSPS) is 18.6. The number of hydrogen-bond acceptors (Lipinski definition) is 10. The van der Waals surface area contributed by atoms with Crippen molar-refractivity contribution in [2.24, 2.45) is 10.2 Å². The molecule has 1 N–H and O–H groups in total. The van der Waals surface area contributed by atoms with E-state index in [-0.39, 0.29) is 33.0 Å². The smallest absolute Gasteiger partial charge is 0.457 e. The van der Waals surface area contributed by atoms with Gasteiger partial charge in [0.05, 0.1) is 5.69 Å². The van der Waals surface area contributed by atoms with E-state index in [1.54, 1.807) is 11.8 Å². The summed E-state index contributed by atoms with van der Waals surface area (Å²) in [5.74, 6) is -0.622. The number of alkyl halides is 3. The molecule has 1 saturated carbocycles. The zero-order valence-corrected chi connectivity index (χ0v) is 22.1. The monoisotopic (exact) mass is 560 g/mol. The molecule has 37 heavy (non-hydrogen) atoms. The van der Waals surface area contributed by atoms with Gasteiger partial charge in [-0.25, -0.2) is 4.79 Å². The number of ether oxygens (including phenoxy) is 1. The van der Waals surface area contributed by atoms with Crippen LogP contribution >= 0.6 is 11.3 Å². The number of nitrogens with zero attached hydrogens (tertiary/aromatic N) is 5. The molecule has 2 heterocycles. The van der Waals surface area contributed by atoms with Gasteiger partial charge in [0.25, 0.3) is 5.13 Å². The zero-order valence-electron chi connectivity index (χ0n) is 20.5. The first-order valence-corrected chi connectivity index (χ1v) is 14.0. The SMILES string of the molecule is CN1CCC(C)(C)c2cc(N=Nc3nnc(C(=O)OC4CCCCC4)s3)c(NS(=O)(=O)C(F)(F)F)cc21. The predicted octanol–water partition coefficient (Wildman–Crippen LogP) is 5.82. The Bertz CT molecular complexity index is 1300. The Hall–Kier alpha value is -2.81. The molecule has 0 spiro atoms. The molecule has 1 aliphatic carbocycles. The van der Waals surface area contributed by atoms with Crippen LogP contribution < -0.4 is 9.62 Å². The first kappa shape index (κ1) is 27.2. The highest BCUT2D eigenvalue weighted by Gasteiger charge is 2.46. The average Bonchev–Trinajstić information content (AvgIpc) is 3.30. The minimum absolute atomic E-state index is 0.0225. The first-order chi connectivity index (χ1) is 17.3. The van der Waals surface area contributed by atoms with Crippen molar-refractivity contribution >= 4 is 49.5 Å². The Balaban J connectivity index is 1.64. The fraction of sp³-hybridized carbons (Fsp3) is 0.591. The van der Waals surface area contributed by atoms with E-state index in [0.717, 1.165) is 55.4 Å². The van der Waals surface area contributed by atoms with Gasteiger partial charge in [-0.15, -0.1) is 20.4 Å². The summed E-state index contributed by atoms with van der Waals surface area (Å²) in [6.07, 6.45) is 5.26. The van der Waals surface area contributed by atoms with Crippen molar-refractivity contribution in [3.8, 4) is 0 Å². The Labute approximate surface area is 216 Å². The molecule has 1 fully saturated rings. The van der Waals surface area contributed by atoms with E-state index in [9.17, 15) is 26.4 Å². The van der Waals surface area contributed by atoms with Crippen LogP contribution in [0.5, 0.6) is 0 Å². The van der Waals surface area contributed by atoms with Crippen LogP contribution in [0.4, 0.5) is 35.4 Å². The van der Waals surface area contributed by atoms with E-state index < -0.39 is 21.5 Å². The lowest BCUT2D eigenvalue weighted by molar-refractivity contribution is -0.0429. The number of azo groups is 1. The van der Waals surface area contributed by atoms with Gasteiger partial charge in [-0.3, -0.25) is 4.72 Å². The average molecular weight is 561 g/mol. The number of anilines is 2. The van der Waals surface area contributed by atoms with Gasteiger partial charge in [0, 0.05) is 19.3 Å². The molecule has 2 aliphatic rings. The highest BCUT2D eigenvalue weighted by Crippen LogP contribution is 2.45. The molecule has 1 aliphatic heterocycles. The topological polar surface area (TPSA) is 126 Å². The van der Waals surface area contributed by atoms with Gasteiger partial charge in [0.15, 0.2) is 0 Å². The third-order valence-corrected chi connectivity index (χ3v) is 8.42. The van der Waals surface area contributed by atoms with Crippen LogP contribution in [-0.4, -0.2) is 49.8 Å². The molecule has 0 bridgehead atoms. The van der Waals surface area contributed by atoms with E-state index in [1.165, 1.54) is 12.1 Å². The number of hydrogen-bond donors (Lipinski definition) is 1. The van der Waals surface area contributed by atoms with E-state index in [1.807, 2.05) is 18.7 Å². The largest absolute Gasteiger partial charge is 0.516 e. The van der Waals surface area contributed by atoms with Crippen LogP contribution in [0.3, 0.4) is 0 Å². The highest BCUT2D eigenvalue weighted by molar-refractivity contribution is 7.93. The van der Waals surface area contributed by atoms with Crippen LogP contribution in [0, 0.1) is 0 Å². The number of aromatic nitrogens is 2. The number of sulfonamides is 1. The fourth-order valence-corrected chi connectivity index (χ4v) is 5.44. The van der Waals surface area contributed by atoms with Gasteiger partial charge in [-0.1, -0.05) is 31.6 Å². The maximum Gasteiger partial charge on any atom is 0.516 e. The Morgan fingerprint density at radius 1 is 1.19 bits per heavy atom. The summed E-state index contributed by atoms with van der Waals surface area (Å²) in [5.41, 5.74) is -5.01. The lowest BCUT2D eigenvalue weighted by Gasteiger charge is -2.39. The van der Waals surface area contributed by atoms with Crippen LogP contribution in [0.1, 0.15) is 67.7 Å². The van der Waals surface area contributed by atoms with Gasteiger partial charge in [0.1, 0.15) is 11.8 Å². The maximum absolute atomic E-state index is 13.1. The predicted molar refractivity (Wildman–Crippen MR) is 132 cm³/mol. The maximum atomic E-state index is 13.1. The van der Waals surface area contributed by atoms with E-state index in [0.29, 0.717) is 12.2 Å². The summed E-state index contributed by atoms with van der Waals surface area (Å²) in [7, 11) is -3.94. The van der Waals surface area contributed by atoms with Gasteiger partial charge < -0.3 is 9.64 Å². The summed E-state index contributed by atoms with van der Waals surface area (Å²) in [6.45, 7) is 4.60. The van der Waals surface area contributed by atoms with Crippen molar-refractivity contribution in [3.05, 3.63) is 22.7 Å². The Kier molecular flexibility index (Phi) is 7.48. The van der Waals surface area contributed by atoms with Gasteiger partial charge >= 0.3 is 21.5 Å². The summed E-state index contributed by atoms with van der Waals surface area (Å²) in [6, 6.07) is 2.84. The summed E-state index contributed by atoms with van der Waals surface area (Å²) in [4.78, 5) is 14.2. The molecule has 1 aromatic heterocycles. The first-order valence-electron chi connectivity index (χ1n) is 11.7. The molecule has 0 saturated heterocycles. The van der Waals surface area contributed by atoms with Crippen LogP contribution in [0.15, 0.2) is 22.4 Å². The molecule has 10 nitrogen and oxygen atoms in total. The van der Waals surface area contributed by atoms with Crippen molar-refractivity contribution in [2.45, 2.75) is 69.4 Å². The second-order valence-corrected chi connectivity index (χ2v) is 12.4. The highest BCUT2D eigenvalue weighted by atomic mass is 32.2. The lowest BCUT2D eigenvalue weighted by atomic mass is 9.77. The Morgan fingerprint density at radius 2 is 1.89 bits per heavy atom. The number of carbonyl (C=O) groups excluding carboxylic acids is 1. The van der Waals surface area contributed by atoms with Gasteiger partial charge in [-0.2, -0.15) is 21.6 Å². The number of halogens is 3. The third-order valence-electron chi connectivity index (χ3n) is 6.53. The molecule has 0 atom stereocenters. The third kappa shape index (κ3) is 6.03. The minimum Gasteiger partial charge on any atom is -0.457 e. The second kappa shape index (κ2) is 10.2. The second-order valence-electron chi connectivity index (χ2n) is 9.75. The number of fused-ring (bicyclic) bond motifs is 1. The van der Waals surface area contributed by atoms with Crippen LogP contribution in [-0.2, 0) is 20.2 Å². The quantitative estimate of drug-likeness (QED) is 0.348. The summed E-state index contributed by atoms with van der Waals surface area (Å²) < 4.78 is 70.1. The standard InChI is InChI=1S/C22H27F3N6O4S2/c1-21(2)9-10-31(3)17-12-16(30-37(33,34)22(23,24)25)15(11-14(17)21)26-28-20-29-27-18(36-20)19(32)35-13-7-5-4-6-8-13/h11-13,30H,4-10H2,1-3H3. The summed E-state index contributed by atoms with van der Waals surface area (Å²) in [5, 5.41) is 15.5.